The number of esters is 1. The number of ether oxygens (including phenoxy) is 1. The van der Waals surface area contributed by atoms with Crippen LogP contribution in [-0.4, -0.2) is 42.1 Å². The SMILES string of the molecule is COC(=O)c1cc(CN2CCCC(N)C2)ccn1. The number of rotatable bonds is 3. The number of piperidine rings is 1. The summed E-state index contributed by atoms with van der Waals surface area (Å²) in [5.41, 5.74) is 7.38. The van der Waals surface area contributed by atoms with E-state index in [2.05, 4.69) is 14.6 Å². The van der Waals surface area contributed by atoms with Crippen molar-refractivity contribution in [1.29, 1.82) is 0 Å². The predicted molar refractivity (Wildman–Crippen MR) is 68.1 cm³/mol. The van der Waals surface area contributed by atoms with Crippen LogP contribution in [0.3, 0.4) is 0 Å². The van der Waals surface area contributed by atoms with Crippen molar-refractivity contribution in [3.63, 3.8) is 0 Å². The fraction of sp³-hybridized carbons (Fsp3) is 0.538. The van der Waals surface area contributed by atoms with E-state index in [0.717, 1.165) is 38.0 Å². The van der Waals surface area contributed by atoms with Gasteiger partial charge in [-0.15, -0.1) is 0 Å². The van der Waals surface area contributed by atoms with Crippen LogP contribution >= 0.6 is 0 Å². The number of aromatic nitrogens is 1. The maximum absolute atomic E-state index is 11.4. The third kappa shape index (κ3) is 3.27. The molecule has 1 aromatic heterocycles. The van der Waals surface area contributed by atoms with Gasteiger partial charge in [-0.2, -0.15) is 0 Å². The minimum atomic E-state index is -0.396. The van der Waals surface area contributed by atoms with Crippen molar-refractivity contribution in [2.24, 2.45) is 5.73 Å². The highest BCUT2D eigenvalue weighted by Gasteiger charge is 2.17. The second-order valence-corrected chi connectivity index (χ2v) is 4.68. The Kier molecular flexibility index (Phi) is 4.28. The largest absolute Gasteiger partial charge is 0.464 e. The molecule has 0 aliphatic carbocycles. The van der Waals surface area contributed by atoms with Crippen molar-refractivity contribution in [2.45, 2.75) is 25.4 Å². The predicted octanol–water partition coefficient (Wildman–Crippen LogP) is 0.791. The molecular formula is C13H19N3O2. The van der Waals surface area contributed by atoms with Gasteiger partial charge >= 0.3 is 5.97 Å². The van der Waals surface area contributed by atoms with Gasteiger partial charge in [0.25, 0.3) is 0 Å². The lowest BCUT2D eigenvalue weighted by Gasteiger charge is -2.30. The van der Waals surface area contributed by atoms with Gasteiger partial charge in [-0.05, 0) is 37.1 Å². The average Bonchev–Trinajstić information content (AvgIpc) is 2.38. The molecule has 2 N–H and O–H groups in total. The zero-order valence-corrected chi connectivity index (χ0v) is 10.6. The number of methoxy groups -OCH3 is 1. The summed E-state index contributed by atoms with van der Waals surface area (Å²) in [7, 11) is 1.36. The Morgan fingerprint density at radius 2 is 2.50 bits per heavy atom. The summed E-state index contributed by atoms with van der Waals surface area (Å²) in [5.74, 6) is -0.396. The fourth-order valence-corrected chi connectivity index (χ4v) is 2.28. The van der Waals surface area contributed by atoms with E-state index in [1.165, 1.54) is 7.11 Å². The molecule has 0 bridgehead atoms. The Hall–Kier alpha value is -1.46. The fourth-order valence-electron chi connectivity index (χ4n) is 2.28. The van der Waals surface area contributed by atoms with Crippen LogP contribution in [0.25, 0.3) is 0 Å². The highest BCUT2D eigenvalue weighted by atomic mass is 16.5. The third-order valence-electron chi connectivity index (χ3n) is 3.17. The molecule has 2 rings (SSSR count). The minimum absolute atomic E-state index is 0.265. The van der Waals surface area contributed by atoms with Crippen LogP contribution in [0.5, 0.6) is 0 Å². The van der Waals surface area contributed by atoms with E-state index in [9.17, 15) is 4.79 Å². The van der Waals surface area contributed by atoms with Gasteiger partial charge in [-0.3, -0.25) is 4.90 Å². The summed E-state index contributed by atoms with van der Waals surface area (Å²) in [4.78, 5) is 17.7. The van der Waals surface area contributed by atoms with E-state index in [1.807, 2.05) is 6.07 Å². The van der Waals surface area contributed by atoms with Gasteiger partial charge in [0.1, 0.15) is 5.69 Å². The first-order chi connectivity index (χ1) is 8.69. The number of nitrogens with two attached hydrogens (primary N) is 1. The van der Waals surface area contributed by atoms with Crippen LogP contribution in [0.2, 0.25) is 0 Å². The maximum atomic E-state index is 11.4. The summed E-state index contributed by atoms with van der Waals surface area (Å²) in [5, 5.41) is 0. The number of carbonyl (C=O) groups is 1. The topological polar surface area (TPSA) is 68.5 Å². The number of carbonyl (C=O) groups excluding carboxylic acids is 1. The van der Waals surface area contributed by atoms with E-state index in [4.69, 9.17) is 5.73 Å². The van der Waals surface area contributed by atoms with Crippen molar-refractivity contribution in [3.8, 4) is 0 Å². The molecular weight excluding hydrogens is 230 g/mol. The zero-order chi connectivity index (χ0) is 13.0. The second kappa shape index (κ2) is 5.93. The summed E-state index contributed by atoms with van der Waals surface area (Å²) >= 11 is 0. The van der Waals surface area contributed by atoms with Crippen LogP contribution in [0.15, 0.2) is 18.3 Å². The molecule has 0 radical (unpaired) electrons. The summed E-state index contributed by atoms with van der Waals surface area (Å²) in [6.45, 7) is 2.78. The van der Waals surface area contributed by atoms with E-state index < -0.39 is 5.97 Å². The first-order valence-electron chi connectivity index (χ1n) is 6.20. The number of pyridine rings is 1. The Morgan fingerprint density at radius 3 is 3.22 bits per heavy atom. The molecule has 1 atom stereocenters. The number of hydrogen-bond acceptors (Lipinski definition) is 5. The molecule has 0 saturated carbocycles. The first kappa shape index (κ1) is 13.0. The molecule has 1 fully saturated rings. The molecule has 98 valence electrons. The third-order valence-corrected chi connectivity index (χ3v) is 3.17. The van der Waals surface area contributed by atoms with Crippen molar-refractivity contribution >= 4 is 5.97 Å². The Balaban J connectivity index is 2.02. The molecule has 0 spiro atoms. The zero-order valence-electron chi connectivity index (χ0n) is 10.6. The minimum Gasteiger partial charge on any atom is -0.464 e. The standard InChI is InChI=1S/C13H19N3O2/c1-18-13(17)12-7-10(4-5-15-12)8-16-6-2-3-11(14)9-16/h4-5,7,11H,2-3,6,8-9,14H2,1H3. The first-order valence-corrected chi connectivity index (χ1v) is 6.20. The van der Waals surface area contributed by atoms with E-state index in [0.29, 0.717) is 5.69 Å². The van der Waals surface area contributed by atoms with E-state index >= 15 is 0 Å². The molecule has 1 aliphatic heterocycles. The van der Waals surface area contributed by atoms with Gasteiger partial charge in [0.15, 0.2) is 0 Å². The molecule has 2 heterocycles. The summed E-state index contributed by atoms with van der Waals surface area (Å²) < 4.78 is 4.66. The Morgan fingerprint density at radius 1 is 1.67 bits per heavy atom. The lowest BCUT2D eigenvalue weighted by atomic mass is 10.1. The molecule has 1 unspecified atom stereocenters. The number of likely N-dealkylation sites (tertiary alicyclic amines) is 1. The summed E-state index contributed by atoms with van der Waals surface area (Å²) in [6.07, 6.45) is 3.88. The Bertz CT molecular complexity index is 422. The van der Waals surface area contributed by atoms with Crippen LogP contribution in [0.4, 0.5) is 0 Å². The van der Waals surface area contributed by atoms with Crippen molar-refractivity contribution in [1.82, 2.24) is 9.88 Å². The van der Waals surface area contributed by atoms with Gasteiger partial charge < -0.3 is 10.5 Å². The monoisotopic (exact) mass is 249 g/mol. The Labute approximate surface area is 107 Å². The molecule has 1 saturated heterocycles. The van der Waals surface area contributed by atoms with Gasteiger partial charge in [0.05, 0.1) is 7.11 Å². The molecule has 1 aliphatic rings. The van der Waals surface area contributed by atoms with Gasteiger partial charge in [-0.25, -0.2) is 9.78 Å². The lowest BCUT2D eigenvalue weighted by Crippen LogP contribution is -2.42. The van der Waals surface area contributed by atoms with Crippen molar-refractivity contribution < 1.29 is 9.53 Å². The molecule has 0 amide bonds. The quantitative estimate of drug-likeness (QED) is 0.802. The molecule has 18 heavy (non-hydrogen) atoms. The van der Waals surface area contributed by atoms with Gasteiger partial charge in [0, 0.05) is 25.3 Å². The van der Waals surface area contributed by atoms with Crippen LogP contribution < -0.4 is 5.73 Å². The van der Waals surface area contributed by atoms with Crippen LogP contribution in [-0.2, 0) is 11.3 Å². The van der Waals surface area contributed by atoms with Gasteiger partial charge in [0.2, 0.25) is 0 Å². The number of hydrogen-bond donors (Lipinski definition) is 1. The summed E-state index contributed by atoms with van der Waals surface area (Å²) in [6, 6.07) is 3.97. The van der Waals surface area contributed by atoms with Crippen molar-refractivity contribution in [2.75, 3.05) is 20.2 Å². The van der Waals surface area contributed by atoms with Crippen LogP contribution in [0, 0.1) is 0 Å². The smallest absolute Gasteiger partial charge is 0.356 e. The highest BCUT2D eigenvalue weighted by molar-refractivity contribution is 5.87. The van der Waals surface area contributed by atoms with Gasteiger partial charge in [-0.1, -0.05) is 0 Å². The number of nitrogens with zero attached hydrogens (tertiary/aromatic N) is 2. The molecule has 0 aromatic carbocycles. The normalized spacial score (nSPS) is 20.7. The highest BCUT2D eigenvalue weighted by Crippen LogP contribution is 2.13. The molecule has 5 nitrogen and oxygen atoms in total. The van der Waals surface area contributed by atoms with Crippen LogP contribution in [0.1, 0.15) is 28.9 Å². The van der Waals surface area contributed by atoms with E-state index in [-0.39, 0.29) is 6.04 Å². The lowest BCUT2D eigenvalue weighted by molar-refractivity contribution is 0.0593. The van der Waals surface area contributed by atoms with E-state index in [1.54, 1.807) is 12.3 Å². The molecule has 1 aromatic rings. The molecule has 5 heteroatoms. The maximum Gasteiger partial charge on any atom is 0.356 e. The second-order valence-electron chi connectivity index (χ2n) is 4.68. The average molecular weight is 249 g/mol. The van der Waals surface area contributed by atoms with Crippen molar-refractivity contribution in [3.05, 3.63) is 29.6 Å².